The lowest BCUT2D eigenvalue weighted by Crippen LogP contribution is -2.35. The molecule has 0 saturated carbocycles. The lowest BCUT2D eigenvalue weighted by molar-refractivity contribution is -0.147. The Morgan fingerprint density at radius 3 is 2.27 bits per heavy atom. The van der Waals surface area contributed by atoms with Gasteiger partial charge < -0.3 is 15.4 Å². The lowest BCUT2D eigenvalue weighted by atomic mass is 10.1. The molecule has 136 valence electrons. The SMILES string of the molecule is O=C(COC(=O)Cc1ccc(Cl)cc1)NCC(=O)Nc1ccc(F)cc1. The summed E-state index contributed by atoms with van der Waals surface area (Å²) >= 11 is 5.75. The quantitative estimate of drug-likeness (QED) is 0.724. The van der Waals surface area contributed by atoms with Gasteiger partial charge in [-0.05, 0) is 42.0 Å². The van der Waals surface area contributed by atoms with Crippen molar-refractivity contribution < 1.29 is 23.5 Å². The van der Waals surface area contributed by atoms with Crippen LogP contribution >= 0.6 is 11.6 Å². The van der Waals surface area contributed by atoms with E-state index in [0.29, 0.717) is 16.3 Å². The maximum Gasteiger partial charge on any atom is 0.310 e. The summed E-state index contributed by atoms with van der Waals surface area (Å²) in [6.07, 6.45) is 0.00943. The monoisotopic (exact) mass is 378 g/mol. The molecule has 0 aliphatic rings. The zero-order valence-corrected chi connectivity index (χ0v) is 14.4. The minimum atomic E-state index is -0.608. The number of carbonyl (C=O) groups excluding carboxylic acids is 3. The fourth-order valence-corrected chi connectivity index (χ4v) is 2.06. The predicted octanol–water partition coefficient (Wildman–Crippen LogP) is 2.32. The van der Waals surface area contributed by atoms with E-state index < -0.39 is 30.2 Å². The van der Waals surface area contributed by atoms with Crippen LogP contribution in [0.3, 0.4) is 0 Å². The molecule has 0 spiro atoms. The minimum absolute atomic E-state index is 0.00943. The fraction of sp³-hybridized carbons (Fsp3) is 0.167. The van der Waals surface area contributed by atoms with Crippen LogP contribution in [0.5, 0.6) is 0 Å². The van der Waals surface area contributed by atoms with E-state index >= 15 is 0 Å². The van der Waals surface area contributed by atoms with Crippen molar-refractivity contribution in [3.63, 3.8) is 0 Å². The zero-order chi connectivity index (χ0) is 18.9. The Balaban J connectivity index is 1.66. The molecule has 0 heterocycles. The molecular formula is C18H16ClFN2O4. The van der Waals surface area contributed by atoms with Gasteiger partial charge in [0.2, 0.25) is 5.91 Å². The second-order valence-electron chi connectivity index (χ2n) is 5.30. The average Bonchev–Trinajstić information content (AvgIpc) is 2.62. The number of halogens is 2. The van der Waals surface area contributed by atoms with E-state index in [-0.39, 0.29) is 13.0 Å². The molecule has 0 aliphatic carbocycles. The number of hydrogen-bond donors (Lipinski definition) is 2. The van der Waals surface area contributed by atoms with E-state index in [0.717, 1.165) is 0 Å². The molecule has 2 aromatic carbocycles. The van der Waals surface area contributed by atoms with Gasteiger partial charge in [0.25, 0.3) is 5.91 Å². The maximum atomic E-state index is 12.8. The third-order valence-corrected chi connectivity index (χ3v) is 3.45. The number of amides is 2. The summed E-state index contributed by atoms with van der Waals surface area (Å²) in [6, 6.07) is 11.9. The Morgan fingerprint density at radius 1 is 0.962 bits per heavy atom. The Labute approximate surface area is 154 Å². The lowest BCUT2D eigenvalue weighted by Gasteiger charge is -2.08. The number of hydrogen-bond acceptors (Lipinski definition) is 4. The Morgan fingerprint density at radius 2 is 1.62 bits per heavy atom. The molecule has 0 unspecified atom stereocenters. The van der Waals surface area contributed by atoms with Gasteiger partial charge in [-0.15, -0.1) is 0 Å². The predicted molar refractivity (Wildman–Crippen MR) is 94.2 cm³/mol. The molecule has 2 aromatic rings. The van der Waals surface area contributed by atoms with Crippen LogP contribution < -0.4 is 10.6 Å². The molecule has 2 N–H and O–H groups in total. The normalized spacial score (nSPS) is 10.1. The van der Waals surface area contributed by atoms with Crippen molar-refractivity contribution in [2.45, 2.75) is 6.42 Å². The fourth-order valence-electron chi connectivity index (χ4n) is 1.93. The number of nitrogens with one attached hydrogen (secondary N) is 2. The first-order chi connectivity index (χ1) is 12.4. The first-order valence-electron chi connectivity index (χ1n) is 7.64. The van der Waals surface area contributed by atoms with Gasteiger partial charge in [0.15, 0.2) is 6.61 Å². The van der Waals surface area contributed by atoms with Crippen molar-refractivity contribution >= 4 is 35.1 Å². The van der Waals surface area contributed by atoms with Crippen LogP contribution in [0.15, 0.2) is 48.5 Å². The van der Waals surface area contributed by atoms with E-state index in [1.165, 1.54) is 24.3 Å². The summed E-state index contributed by atoms with van der Waals surface area (Å²) in [7, 11) is 0. The first kappa shape index (κ1) is 19.4. The molecule has 0 bridgehead atoms. The summed E-state index contributed by atoms with van der Waals surface area (Å²) in [6.45, 7) is -0.790. The van der Waals surface area contributed by atoms with Gasteiger partial charge in [0.1, 0.15) is 5.82 Å². The van der Waals surface area contributed by atoms with Crippen molar-refractivity contribution in [3.8, 4) is 0 Å². The Bertz CT molecular complexity index is 713. The van der Waals surface area contributed by atoms with E-state index in [1.807, 2.05) is 0 Å². The van der Waals surface area contributed by atoms with Crippen LogP contribution in [-0.4, -0.2) is 30.9 Å². The highest BCUT2D eigenvalue weighted by molar-refractivity contribution is 6.30. The summed E-state index contributed by atoms with van der Waals surface area (Å²) in [5.74, 6) is -2.09. The van der Waals surface area contributed by atoms with Gasteiger partial charge in [-0.3, -0.25) is 14.4 Å². The highest BCUT2D eigenvalue weighted by Gasteiger charge is 2.10. The zero-order valence-electron chi connectivity index (χ0n) is 13.6. The van der Waals surface area contributed by atoms with Crippen molar-refractivity contribution in [1.29, 1.82) is 0 Å². The number of rotatable bonds is 7. The third kappa shape index (κ3) is 6.90. The smallest absolute Gasteiger partial charge is 0.310 e. The largest absolute Gasteiger partial charge is 0.455 e. The first-order valence-corrected chi connectivity index (χ1v) is 8.02. The molecule has 0 radical (unpaired) electrons. The molecule has 26 heavy (non-hydrogen) atoms. The summed E-state index contributed by atoms with van der Waals surface area (Å²) < 4.78 is 17.6. The second-order valence-corrected chi connectivity index (χ2v) is 5.73. The van der Waals surface area contributed by atoms with Crippen molar-refractivity contribution in [2.75, 3.05) is 18.5 Å². The van der Waals surface area contributed by atoms with E-state index in [2.05, 4.69) is 10.6 Å². The summed E-state index contributed by atoms with van der Waals surface area (Å²) in [4.78, 5) is 34.9. The summed E-state index contributed by atoms with van der Waals surface area (Å²) in [5, 5.41) is 5.36. The van der Waals surface area contributed by atoms with Crippen LogP contribution in [-0.2, 0) is 25.5 Å². The molecule has 0 atom stereocenters. The molecule has 0 fully saturated rings. The van der Waals surface area contributed by atoms with Crippen LogP contribution in [0, 0.1) is 5.82 Å². The van der Waals surface area contributed by atoms with Crippen LogP contribution in [0.1, 0.15) is 5.56 Å². The molecule has 0 aliphatic heterocycles. The standard InChI is InChI=1S/C18H16ClFN2O4/c19-13-3-1-12(2-4-13)9-18(25)26-11-17(24)21-10-16(23)22-15-7-5-14(20)6-8-15/h1-8H,9-11H2,(H,21,24)(H,22,23). The van der Waals surface area contributed by atoms with Crippen LogP contribution in [0.4, 0.5) is 10.1 Å². The number of esters is 1. The van der Waals surface area contributed by atoms with Gasteiger partial charge in [-0.1, -0.05) is 23.7 Å². The van der Waals surface area contributed by atoms with Crippen molar-refractivity contribution in [2.24, 2.45) is 0 Å². The summed E-state index contributed by atoms with van der Waals surface area (Å²) in [5.41, 5.74) is 1.11. The van der Waals surface area contributed by atoms with Gasteiger partial charge in [0.05, 0.1) is 13.0 Å². The van der Waals surface area contributed by atoms with Crippen molar-refractivity contribution in [3.05, 3.63) is 64.9 Å². The molecular weight excluding hydrogens is 363 g/mol. The molecule has 8 heteroatoms. The molecule has 2 rings (SSSR count). The van der Waals surface area contributed by atoms with Crippen molar-refractivity contribution in [1.82, 2.24) is 5.32 Å². The van der Waals surface area contributed by atoms with Crippen LogP contribution in [0.2, 0.25) is 5.02 Å². The number of carbonyl (C=O) groups is 3. The third-order valence-electron chi connectivity index (χ3n) is 3.20. The van der Waals surface area contributed by atoms with Gasteiger partial charge in [-0.25, -0.2) is 4.39 Å². The van der Waals surface area contributed by atoms with E-state index in [4.69, 9.17) is 16.3 Å². The van der Waals surface area contributed by atoms with E-state index in [9.17, 15) is 18.8 Å². The van der Waals surface area contributed by atoms with E-state index in [1.54, 1.807) is 24.3 Å². The Kier molecular flexibility index (Phi) is 7.11. The van der Waals surface area contributed by atoms with Gasteiger partial charge in [-0.2, -0.15) is 0 Å². The number of anilines is 1. The topological polar surface area (TPSA) is 84.5 Å². The molecule has 2 amide bonds. The maximum absolute atomic E-state index is 12.8. The van der Waals surface area contributed by atoms with Crippen LogP contribution in [0.25, 0.3) is 0 Å². The average molecular weight is 379 g/mol. The number of ether oxygens (including phenoxy) is 1. The highest BCUT2D eigenvalue weighted by Crippen LogP contribution is 2.10. The highest BCUT2D eigenvalue weighted by atomic mass is 35.5. The van der Waals surface area contributed by atoms with Gasteiger partial charge >= 0.3 is 5.97 Å². The van der Waals surface area contributed by atoms with Gasteiger partial charge in [0, 0.05) is 10.7 Å². The molecule has 0 saturated heterocycles. The second kappa shape index (κ2) is 9.53. The minimum Gasteiger partial charge on any atom is -0.455 e. The molecule has 6 nitrogen and oxygen atoms in total. The molecule has 0 aromatic heterocycles. The number of benzene rings is 2. The Hall–Kier alpha value is -2.93.